The van der Waals surface area contributed by atoms with Crippen LogP contribution in [0.4, 0.5) is 23.7 Å². The molecule has 1 aromatic rings. The van der Waals surface area contributed by atoms with Gasteiger partial charge >= 0.3 is 12.2 Å². The van der Waals surface area contributed by atoms with Crippen molar-refractivity contribution >= 4 is 17.6 Å². The third-order valence-corrected chi connectivity index (χ3v) is 6.89. The largest absolute Gasteiger partial charge is 0.416 e. The molecular formula is C21H28F3N4O2+. The lowest BCUT2D eigenvalue weighted by atomic mass is 9.73. The zero-order chi connectivity index (χ0) is 21.5. The minimum absolute atomic E-state index is 0.118. The molecule has 1 saturated carbocycles. The third-order valence-electron chi connectivity index (χ3n) is 6.89. The summed E-state index contributed by atoms with van der Waals surface area (Å²) in [6.45, 7) is 4.77. The SMILES string of the molecule is C[C@H]1CCCC[C@]12NC(=O)N(C[NH+]1CCN(c3cccc(C(F)(F)F)c3)CC1)C2=O. The molecule has 2 aliphatic heterocycles. The van der Waals surface area contributed by atoms with E-state index in [-0.39, 0.29) is 17.9 Å². The Labute approximate surface area is 174 Å². The van der Waals surface area contributed by atoms with Gasteiger partial charge in [-0.05, 0) is 37.0 Å². The normalized spacial score (nSPS) is 28.3. The number of nitrogens with one attached hydrogen (secondary N) is 2. The number of hydrogen-bond donors (Lipinski definition) is 2. The monoisotopic (exact) mass is 425 g/mol. The molecule has 30 heavy (non-hydrogen) atoms. The molecule has 2 saturated heterocycles. The van der Waals surface area contributed by atoms with Crippen molar-refractivity contribution < 1.29 is 27.7 Å². The highest BCUT2D eigenvalue weighted by molar-refractivity contribution is 6.07. The van der Waals surface area contributed by atoms with Gasteiger partial charge in [-0.1, -0.05) is 25.8 Å². The Morgan fingerprint density at radius 1 is 1.20 bits per heavy atom. The summed E-state index contributed by atoms with van der Waals surface area (Å²) in [6.07, 6.45) is -0.726. The van der Waals surface area contributed by atoms with Crippen molar-refractivity contribution in [2.24, 2.45) is 5.92 Å². The Hall–Kier alpha value is -2.29. The summed E-state index contributed by atoms with van der Waals surface area (Å²) in [5, 5.41) is 2.97. The fraction of sp³-hybridized carbons (Fsp3) is 0.619. The van der Waals surface area contributed by atoms with Gasteiger partial charge in [-0.2, -0.15) is 13.2 Å². The molecule has 0 unspecified atom stereocenters. The zero-order valence-corrected chi connectivity index (χ0v) is 17.1. The van der Waals surface area contributed by atoms with Crippen LogP contribution in [-0.4, -0.2) is 55.2 Å². The Bertz CT molecular complexity index is 823. The van der Waals surface area contributed by atoms with Gasteiger partial charge in [0.15, 0.2) is 6.67 Å². The van der Waals surface area contributed by atoms with E-state index in [2.05, 4.69) is 5.32 Å². The van der Waals surface area contributed by atoms with Gasteiger partial charge in [-0.15, -0.1) is 0 Å². The molecule has 3 fully saturated rings. The minimum Gasteiger partial charge on any atom is -0.360 e. The van der Waals surface area contributed by atoms with E-state index >= 15 is 0 Å². The van der Waals surface area contributed by atoms with Gasteiger partial charge in [-0.25, -0.2) is 9.69 Å². The first-order valence-corrected chi connectivity index (χ1v) is 10.6. The molecule has 2 atom stereocenters. The summed E-state index contributed by atoms with van der Waals surface area (Å²) in [5.74, 6) is 0.00737. The number of quaternary nitrogens is 1. The van der Waals surface area contributed by atoms with Crippen LogP contribution in [0.5, 0.6) is 0 Å². The number of halogens is 3. The molecule has 1 aromatic carbocycles. The van der Waals surface area contributed by atoms with E-state index < -0.39 is 17.3 Å². The molecule has 4 rings (SSSR count). The lowest BCUT2D eigenvalue weighted by molar-refractivity contribution is -0.907. The molecule has 3 aliphatic rings. The second-order valence-corrected chi connectivity index (χ2v) is 8.72. The van der Waals surface area contributed by atoms with Crippen molar-refractivity contribution in [2.45, 2.75) is 44.3 Å². The summed E-state index contributed by atoms with van der Waals surface area (Å²) in [6, 6.07) is 5.05. The predicted octanol–water partition coefficient (Wildman–Crippen LogP) is 1.87. The van der Waals surface area contributed by atoms with Crippen molar-refractivity contribution in [3.63, 3.8) is 0 Å². The number of nitrogens with zero attached hydrogens (tertiary/aromatic N) is 2. The number of hydrogen-bond acceptors (Lipinski definition) is 3. The molecule has 0 radical (unpaired) electrons. The van der Waals surface area contributed by atoms with Gasteiger partial charge in [0.2, 0.25) is 0 Å². The van der Waals surface area contributed by atoms with E-state index in [4.69, 9.17) is 0 Å². The van der Waals surface area contributed by atoms with Crippen LogP contribution in [0, 0.1) is 5.92 Å². The molecule has 2 N–H and O–H groups in total. The van der Waals surface area contributed by atoms with E-state index in [1.807, 2.05) is 11.8 Å². The number of urea groups is 1. The van der Waals surface area contributed by atoms with Crippen molar-refractivity contribution in [1.29, 1.82) is 0 Å². The number of alkyl halides is 3. The standard InChI is InChI=1S/C21H27F3N4O2/c1-15-5-2-3-8-20(15)18(29)28(19(30)25-20)14-26-9-11-27(12-10-26)17-7-4-6-16(13-17)21(22,23)24/h4,6-7,13,15H,2-3,5,8-12,14H2,1H3,(H,25,30)/p+1/t15-,20-/m0/s1. The van der Waals surface area contributed by atoms with E-state index in [0.29, 0.717) is 45.0 Å². The van der Waals surface area contributed by atoms with Gasteiger partial charge in [0.25, 0.3) is 5.91 Å². The minimum atomic E-state index is -4.36. The maximum atomic E-state index is 13.1. The summed E-state index contributed by atoms with van der Waals surface area (Å²) in [4.78, 5) is 30.0. The average molecular weight is 425 g/mol. The highest BCUT2D eigenvalue weighted by atomic mass is 19.4. The Kier molecular flexibility index (Phi) is 5.42. The number of amides is 3. The lowest BCUT2D eigenvalue weighted by Gasteiger charge is -2.37. The molecule has 6 nitrogen and oxygen atoms in total. The molecule has 3 amide bonds. The third kappa shape index (κ3) is 3.75. The number of rotatable bonds is 3. The van der Waals surface area contributed by atoms with E-state index in [0.717, 1.165) is 30.2 Å². The smallest absolute Gasteiger partial charge is 0.360 e. The number of piperazine rings is 1. The molecule has 164 valence electrons. The Balaban J connectivity index is 1.37. The van der Waals surface area contributed by atoms with Gasteiger partial charge in [-0.3, -0.25) is 4.79 Å². The van der Waals surface area contributed by atoms with Crippen LogP contribution in [-0.2, 0) is 11.0 Å². The number of carbonyl (C=O) groups is 2. The molecule has 1 aliphatic carbocycles. The second-order valence-electron chi connectivity index (χ2n) is 8.72. The van der Waals surface area contributed by atoms with E-state index in [1.165, 1.54) is 17.0 Å². The van der Waals surface area contributed by atoms with Crippen LogP contribution < -0.4 is 15.1 Å². The predicted molar refractivity (Wildman–Crippen MR) is 105 cm³/mol. The summed E-state index contributed by atoms with van der Waals surface area (Å²) in [5.41, 5.74) is -0.857. The summed E-state index contributed by atoms with van der Waals surface area (Å²) in [7, 11) is 0. The van der Waals surface area contributed by atoms with Gasteiger partial charge in [0, 0.05) is 5.69 Å². The maximum Gasteiger partial charge on any atom is 0.416 e. The first kappa shape index (κ1) is 21.0. The summed E-state index contributed by atoms with van der Waals surface area (Å²) < 4.78 is 38.9. The first-order chi connectivity index (χ1) is 14.2. The van der Waals surface area contributed by atoms with Crippen molar-refractivity contribution in [2.75, 3.05) is 37.7 Å². The number of carbonyl (C=O) groups excluding carboxylic acids is 2. The molecule has 2 heterocycles. The van der Waals surface area contributed by atoms with Gasteiger partial charge in [0.05, 0.1) is 31.7 Å². The van der Waals surface area contributed by atoms with Crippen LogP contribution in [0.3, 0.4) is 0 Å². The van der Waals surface area contributed by atoms with Crippen LogP contribution in [0.2, 0.25) is 0 Å². The number of imide groups is 1. The quantitative estimate of drug-likeness (QED) is 0.727. The molecule has 0 aromatic heterocycles. The highest BCUT2D eigenvalue weighted by Crippen LogP contribution is 2.38. The second kappa shape index (κ2) is 7.76. The van der Waals surface area contributed by atoms with Crippen LogP contribution >= 0.6 is 0 Å². The summed E-state index contributed by atoms with van der Waals surface area (Å²) >= 11 is 0. The van der Waals surface area contributed by atoms with Crippen molar-refractivity contribution in [1.82, 2.24) is 10.2 Å². The van der Waals surface area contributed by atoms with Gasteiger partial charge < -0.3 is 15.1 Å². The van der Waals surface area contributed by atoms with E-state index in [9.17, 15) is 22.8 Å². The van der Waals surface area contributed by atoms with Crippen LogP contribution in [0.25, 0.3) is 0 Å². The molecule has 9 heteroatoms. The van der Waals surface area contributed by atoms with Gasteiger partial charge in [0.1, 0.15) is 5.54 Å². The topological polar surface area (TPSA) is 57.1 Å². The van der Waals surface area contributed by atoms with Crippen molar-refractivity contribution in [3.8, 4) is 0 Å². The van der Waals surface area contributed by atoms with Crippen LogP contribution in [0.15, 0.2) is 24.3 Å². The number of anilines is 1. The fourth-order valence-electron chi connectivity index (χ4n) is 4.98. The zero-order valence-electron chi connectivity index (χ0n) is 17.1. The number of benzene rings is 1. The maximum absolute atomic E-state index is 13.1. The average Bonchev–Trinajstić information content (AvgIpc) is 2.95. The fourth-order valence-corrected chi connectivity index (χ4v) is 4.98. The molecule has 0 bridgehead atoms. The van der Waals surface area contributed by atoms with Crippen molar-refractivity contribution in [3.05, 3.63) is 29.8 Å². The van der Waals surface area contributed by atoms with E-state index in [1.54, 1.807) is 6.07 Å². The first-order valence-electron chi connectivity index (χ1n) is 10.6. The molecule has 1 spiro atoms. The Morgan fingerprint density at radius 2 is 1.93 bits per heavy atom. The van der Waals surface area contributed by atoms with Crippen LogP contribution in [0.1, 0.15) is 38.2 Å². The Morgan fingerprint density at radius 3 is 2.60 bits per heavy atom. The highest BCUT2D eigenvalue weighted by Gasteiger charge is 2.55. The molecular weight excluding hydrogens is 397 g/mol. The lowest BCUT2D eigenvalue weighted by Crippen LogP contribution is -3.16.